The molecule has 1 aromatic heterocycles. The zero-order chi connectivity index (χ0) is 15.8. The van der Waals surface area contributed by atoms with Crippen LogP contribution in [0.3, 0.4) is 0 Å². The van der Waals surface area contributed by atoms with Gasteiger partial charge in [-0.25, -0.2) is 9.78 Å². The maximum absolute atomic E-state index is 11.7. The molecule has 9 nitrogen and oxygen atoms in total. The summed E-state index contributed by atoms with van der Waals surface area (Å²) < 4.78 is 0. The Morgan fingerprint density at radius 1 is 1.48 bits per heavy atom. The Kier molecular flexibility index (Phi) is 6.69. The summed E-state index contributed by atoms with van der Waals surface area (Å²) in [5.41, 5.74) is 6.29. The zero-order valence-corrected chi connectivity index (χ0v) is 12.0. The van der Waals surface area contributed by atoms with Crippen LogP contribution in [0, 0.1) is 0 Å². The number of imidazole rings is 1. The predicted octanol–water partition coefficient (Wildman–Crippen LogP) is -2.11. The normalized spacial score (nSPS) is 13.2. The summed E-state index contributed by atoms with van der Waals surface area (Å²) in [6, 6.07) is -1.95. The molecule has 0 radical (unpaired) electrons. The van der Waals surface area contributed by atoms with Crippen molar-refractivity contribution in [1.82, 2.24) is 20.6 Å². The van der Waals surface area contributed by atoms with Gasteiger partial charge in [-0.3, -0.25) is 9.59 Å². The molecule has 6 N–H and O–H groups in total. The van der Waals surface area contributed by atoms with Crippen LogP contribution >= 0.6 is 12.6 Å². The molecule has 1 heterocycles. The summed E-state index contributed by atoms with van der Waals surface area (Å²) in [6.45, 7) is -0.356. The molecule has 116 valence electrons. The Bertz CT molecular complexity index is 493. The minimum Gasteiger partial charge on any atom is -0.480 e. The lowest BCUT2D eigenvalue weighted by atomic mass is 10.1. The summed E-state index contributed by atoms with van der Waals surface area (Å²) in [6.07, 6.45) is 3.31. The van der Waals surface area contributed by atoms with E-state index in [1.807, 2.05) is 0 Å². The number of carbonyl (C=O) groups excluding carboxylic acids is 2. The number of aromatic nitrogens is 2. The molecule has 1 rings (SSSR count). The van der Waals surface area contributed by atoms with Crippen LogP contribution in [-0.2, 0) is 20.8 Å². The average Bonchev–Trinajstić information content (AvgIpc) is 2.94. The lowest BCUT2D eigenvalue weighted by Gasteiger charge is -2.14. The van der Waals surface area contributed by atoms with Gasteiger partial charge in [-0.1, -0.05) is 0 Å². The lowest BCUT2D eigenvalue weighted by molar-refractivity contribution is -0.141. The van der Waals surface area contributed by atoms with Gasteiger partial charge in [-0.05, 0) is 0 Å². The highest BCUT2D eigenvalue weighted by Gasteiger charge is 2.19. The number of amides is 2. The molecule has 1 aromatic rings. The number of nitrogens with zero attached hydrogens (tertiary/aromatic N) is 1. The van der Waals surface area contributed by atoms with Gasteiger partial charge in [0.05, 0.1) is 24.6 Å². The van der Waals surface area contributed by atoms with Crippen LogP contribution in [0.4, 0.5) is 0 Å². The van der Waals surface area contributed by atoms with Gasteiger partial charge in [0, 0.05) is 18.4 Å². The van der Waals surface area contributed by atoms with E-state index in [9.17, 15) is 14.4 Å². The Morgan fingerprint density at radius 3 is 2.71 bits per heavy atom. The molecule has 0 bridgehead atoms. The maximum atomic E-state index is 11.7. The SMILES string of the molecule is N[C@@H](Cc1c[nH]cn1)C(=O)NCC(=O)N[C@@H](CS)C(=O)O. The van der Waals surface area contributed by atoms with E-state index in [0.717, 1.165) is 0 Å². The van der Waals surface area contributed by atoms with E-state index in [4.69, 9.17) is 10.8 Å². The van der Waals surface area contributed by atoms with E-state index in [0.29, 0.717) is 5.69 Å². The Balaban J connectivity index is 2.34. The number of aliphatic carboxylic acids is 1. The van der Waals surface area contributed by atoms with Crippen molar-refractivity contribution in [1.29, 1.82) is 0 Å². The molecule has 0 aliphatic heterocycles. The number of hydrogen-bond donors (Lipinski definition) is 6. The van der Waals surface area contributed by atoms with Gasteiger partial charge in [0.25, 0.3) is 0 Å². The third-order valence-electron chi connectivity index (χ3n) is 2.56. The number of carboxylic acid groups (broad SMARTS) is 1. The van der Waals surface area contributed by atoms with Crippen molar-refractivity contribution >= 4 is 30.4 Å². The Morgan fingerprint density at radius 2 is 2.19 bits per heavy atom. The van der Waals surface area contributed by atoms with Crippen molar-refractivity contribution in [3.8, 4) is 0 Å². The van der Waals surface area contributed by atoms with Crippen molar-refractivity contribution in [2.45, 2.75) is 18.5 Å². The molecule has 0 fully saturated rings. The van der Waals surface area contributed by atoms with Crippen LogP contribution in [0.15, 0.2) is 12.5 Å². The van der Waals surface area contributed by atoms with Crippen LogP contribution in [0.2, 0.25) is 0 Å². The van der Waals surface area contributed by atoms with Crippen molar-refractivity contribution in [3.05, 3.63) is 18.2 Å². The first kappa shape index (κ1) is 17.0. The number of carboxylic acids is 1. The predicted molar refractivity (Wildman–Crippen MR) is 76.7 cm³/mol. The second kappa shape index (κ2) is 8.27. The Hall–Kier alpha value is -2.07. The topological polar surface area (TPSA) is 150 Å². The van der Waals surface area contributed by atoms with Crippen LogP contribution in [0.25, 0.3) is 0 Å². The van der Waals surface area contributed by atoms with Crippen molar-refractivity contribution in [2.75, 3.05) is 12.3 Å². The van der Waals surface area contributed by atoms with Crippen molar-refractivity contribution in [3.63, 3.8) is 0 Å². The fourth-order valence-corrected chi connectivity index (χ4v) is 1.70. The standard InChI is InChI=1S/C11H17N5O4S/c12-7(1-6-2-13-5-15-6)10(18)14-3-9(17)16-8(4-21)11(19)20/h2,5,7-8,21H,1,3-4,12H2,(H,13,15)(H,14,18)(H,16,17)(H,19,20)/t7-,8-/m0/s1. The summed E-state index contributed by atoms with van der Waals surface area (Å²) in [5.74, 6) is -2.39. The van der Waals surface area contributed by atoms with E-state index in [1.54, 1.807) is 6.20 Å². The van der Waals surface area contributed by atoms with Gasteiger partial charge in [0.15, 0.2) is 0 Å². The second-order valence-corrected chi connectivity index (χ2v) is 4.60. The number of hydrogen-bond acceptors (Lipinski definition) is 6. The van der Waals surface area contributed by atoms with E-state index in [-0.39, 0.29) is 18.7 Å². The van der Waals surface area contributed by atoms with Crippen molar-refractivity contribution < 1.29 is 19.5 Å². The number of carbonyl (C=O) groups is 3. The molecule has 0 saturated heterocycles. The largest absolute Gasteiger partial charge is 0.480 e. The third-order valence-corrected chi connectivity index (χ3v) is 2.92. The molecule has 0 aliphatic carbocycles. The van der Waals surface area contributed by atoms with E-state index in [1.165, 1.54) is 6.33 Å². The van der Waals surface area contributed by atoms with E-state index >= 15 is 0 Å². The highest BCUT2D eigenvalue weighted by atomic mass is 32.1. The number of rotatable bonds is 8. The molecule has 0 aromatic carbocycles. The van der Waals surface area contributed by atoms with Crippen LogP contribution in [0.5, 0.6) is 0 Å². The monoisotopic (exact) mass is 315 g/mol. The first-order chi connectivity index (χ1) is 9.93. The molecular formula is C11H17N5O4S. The number of thiol groups is 1. The van der Waals surface area contributed by atoms with Crippen LogP contribution < -0.4 is 16.4 Å². The highest BCUT2D eigenvalue weighted by Crippen LogP contribution is 1.96. The third kappa shape index (κ3) is 5.83. The molecule has 0 unspecified atom stereocenters. The minimum atomic E-state index is -1.19. The first-order valence-corrected chi connectivity index (χ1v) is 6.71. The summed E-state index contributed by atoms with van der Waals surface area (Å²) >= 11 is 3.81. The smallest absolute Gasteiger partial charge is 0.327 e. The molecule has 0 aliphatic rings. The van der Waals surface area contributed by atoms with Crippen LogP contribution in [0.1, 0.15) is 5.69 Å². The Labute approximate surface area is 126 Å². The van der Waals surface area contributed by atoms with Gasteiger partial charge < -0.3 is 26.5 Å². The van der Waals surface area contributed by atoms with E-state index < -0.39 is 29.9 Å². The summed E-state index contributed by atoms with van der Waals surface area (Å²) in [4.78, 5) is 40.5. The number of nitrogens with one attached hydrogen (secondary N) is 3. The summed E-state index contributed by atoms with van der Waals surface area (Å²) in [5, 5.41) is 13.3. The first-order valence-electron chi connectivity index (χ1n) is 6.08. The zero-order valence-electron chi connectivity index (χ0n) is 11.1. The van der Waals surface area contributed by atoms with Gasteiger partial charge in [0.1, 0.15) is 6.04 Å². The van der Waals surface area contributed by atoms with Gasteiger partial charge in [-0.15, -0.1) is 0 Å². The summed E-state index contributed by atoms with van der Waals surface area (Å²) in [7, 11) is 0. The van der Waals surface area contributed by atoms with E-state index in [2.05, 4.69) is 33.2 Å². The average molecular weight is 315 g/mol. The number of nitrogens with two attached hydrogens (primary N) is 1. The van der Waals surface area contributed by atoms with Gasteiger partial charge >= 0.3 is 5.97 Å². The van der Waals surface area contributed by atoms with Gasteiger partial charge in [-0.2, -0.15) is 12.6 Å². The minimum absolute atomic E-state index is 0.0479. The molecule has 21 heavy (non-hydrogen) atoms. The van der Waals surface area contributed by atoms with Crippen LogP contribution in [-0.4, -0.2) is 57.2 Å². The molecular weight excluding hydrogens is 298 g/mol. The molecule has 2 amide bonds. The second-order valence-electron chi connectivity index (χ2n) is 4.23. The lowest BCUT2D eigenvalue weighted by Crippen LogP contribution is -2.49. The molecule has 2 atom stereocenters. The van der Waals surface area contributed by atoms with Gasteiger partial charge in [0.2, 0.25) is 11.8 Å². The quantitative estimate of drug-likeness (QED) is 0.302. The number of aromatic amines is 1. The molecule has 10 heteroatoms. The van der Waals surface area contributed by atoms with Crippen molar-refractivity contribution in [2.24, 2.45) is 5.73 Å². The molecule has 0 spiro atoms. The maximum Gasteiger partial charge on any atom is 0.327 e. The fraction of sp³-hybridized carbons (Fsp3) is 0.455. The highest BCUT2D eigenvalue weighted by molar-refractivity contribution is 7.80. The fourth-order valence-electron chi connectivity index (χ4n) is 1.45. The molecule has 0 saturated carbocycles. The number of H-pyrrole nitrogens is 1.